The van der Waals surface area contributed by atoms with Gasteiger partial charge in [-0.1, -0.05) is 30.3 Å². The molecule has 1 saturated heterocycles. The smallest absolute Gasteiger partial charge is 0.361 e. The number of anilines is 1. The predicted molar refractivity (Wildman–Crippen MR) is 178 cm³/mol. The molecule has 1 aliphatic heterocycles. The lowest BCUT2D eigenvalue weighted by atomic mass is 10.0. The molecule has 2 heterocycles. The number of hydrogen-bond donors (Lipinski definition) is 2. The monoisotopic (exact) mass is 668 g/mol. The summed E-state index contributed by atoms with van der Waals surface area (Å²) in [6, 6.07) is 20.7. The Morgan fingerprint density at radius 2 is 1.67 bits per heavy atom. The summed E-state index contributed by atoms with van der Waals surface area (Å²) in [5, 5.41) is 12.1. The number of fused-ring (bicyclic) bond motifs is 1. The second-order valence-electron chi connectivity index (χ2n) is 10.5. The number of amides is 1. The van der Waals surface area contributed by atoms with Crippen molar-refractivity contribution in [3.8, 4) is 5.88 Å². The van der Waals surface area contributed by atoms with E-state index in [9.17, 15) is 22.9 Å². The van der Waals surface area contributed by atoms with Crippen LogP contribution >= 0.6 is 7.60 Å². The zero-order valence-corrected chi connectivity index (χ0v) is 27.6. The minimum Gasteiger partial charge on any atom is -0.494 e. The van der Waals surface area contributed by atoms with E-state index >= 15 is 0 Å². The van der Waals surface area contributed by atoms with Gasteiger partial charge in [-0.3, -0.25) is 13.7 Å². The summed E-state index contributed by atoms with van der Waals surface area (Å²) in [6.45, 7) is 5.14. The number of hydrogen-bond acceptors (Lipinski definition) is 9. The maximum absolute atomic E-state index is 13.6. The Morgan fingerprint density at radius 3 is 2.28 bits per heavy atom. The Bertz CT molecular complexity index is 1860. The van der Waals surface area contributed by atoms with Crippen LogP contribution in [-0.4, -0.2) is 87.3 Å². The number of H-pyrrole nitrogens is 1. The van der Waals surface area contributed by atoms with Gasteiger partial charge in [0.2, 0.25) is 15.9 Å². The van der Waals surface area contributed by atoms with Gasteiger partial charge in [0.05, 0.1) is 60.6 Å². The van der Waals surface area contributed by atoms with Crippen LogP contribution < -0.4 is 9.61 Å². The highest BCUT2D eigenvalue weighted by atomic mass is 32.2. The van der Waals surface area contributed by atoms with Crippen molar-refractivity contribution in [3.63, 3.8) is 0 Å². The van der Waals surface area contributed by atoms with Crippen molar-refractivity contribution in [1.82, 2.24) is 9.88 Å². The Kier molecular flexibility index (Phi) is 10.3. The van der Waals surface area contributed by atoms with Crippen LogP contribution in [0, 0.1) is 0 Å². The van der Waals surface area contributed by atoms with Crippen molar-refractivity contribution in [2.45, 2.75) is 13.8 Å². The lowest BCUT2D eigenvalue weighted by Gasteiger charge is -2.30. The molecule has 0 aliphatic carbocycles. The van der Waals surface area contributed by atoms with Gasteiger partial charge in [-0.05, 0) is 56.3 Å². The second-order valence-corrected chi connectivity index (χ2v) is 14.5. The van der Waals surface area contributed by atoms with E-state index in [2.05, 4.69) is 4.98 Å². The van der Waals surface area contributed by atoms with Crippen molar-refractivity contribution in [1.29, 1.82) is 0 Å². The number of carbonyl (C=O) groups excluding carboxylic acids is 1. The van der Waals surface area contributed by atoms with Crippen molar-refractivity contribution in [2.24, 2.45) is 4.99 Å². The molecule has 0 spiro atoms. The molecule has 1 aromatic heterocycles. The molecule has 1 amide bonds. The minimum absolute atomic E-state index is 0.140. The molecule has 3 aromatic carbocycles. The van der Waals surface area contributed by atoms with E-state index in [4.69, 9.17) is 18.8 Å². The highest BCUT2D eigenvalue weighted by Gasteiger charge is 2.29. The van der Waals surface area contributed by atoms with Gasteiger partial charge < -0.3 is 28.8 Å². The molecule has 0 unspecified atom stereocenters. The van der Waals surface area contributed by atoms with Gasteiger partial charge in [0.25, 0.3) is 0 Å². The summed E-state index contributed by atoms with van der Waals surface area (Å²) in [5.41, 5.74) is 2.85. The summed E-state index contributed by atoms with van der Waals surface area (Å²) in [7, 11) is -7.41. The average molecular weight is 669 g/mol. The number of benzene rings is 3. The molecule has 1 fully saturated rings. The molecule has 0 atom stereocenters. The number of aromatic amines is 1. The van der Waals surface area contributed by atoms with Crippen molar-refractivity contribution < 1.29 is 36.7 Å². The number of rotatable bonds is 12. The van der Waals surface area contributed by atoms with Gasteiger partial charge in [-0.25, -0.2) is 13.4 Å². The molecule has 0 saturated carbocycles. The number of morpholine rings is 1. The number of aliphatic imine (C=N–C) groups is 1. The van der Waals surface area contributed by atoms with Crippen LogP contribution in [0.15, 0.2) is 77.8 Å². The number of ether oxygens (including phenoxy) is 1. The summed E-state index contributed by atoms with van der Waals surface area (Å²) < 4.78 is 56.5. The lowest BCUT2D eigenvalue weighted by Crippen LogP contribution is -2.47. The van der Waals surface area contributed by atoms with Crippen LogP contribution in [0.1, 0.15) is 25.0 Å². The maximum Gasteiger partial charge on any atom is 0.361 e. The summed E-state index contributed by atoms with van der Waals surface area (Å²) >= 11 is 0. The first kappa shape index (κ1) is 33.4. The van der Waals surface area contributed by atoms with Crippen molar-refractivity contribution in [2.75, 3.05) is 56.6 Å². The van der Waals surface area contributed by atoms with Gasteiger partial charge in [-0.15, -0.1) is 0 Å². The fraction of sp³-hybridized carbons (Fsp3) is 0.312. The van der Waals surface area contributed by atoms with E-state index in [0.29, 0.717) is 70.7 Å². The first-order valence-corrected chi connectivity index (χ1v) is 18.2. The molecule has 244 valence electrons. The van der Waals surface area contributed by atoms with E-state index in [1.165, 1.54) is 0 Å². The zero-order valence-electron chi connectivity index (χ0n) is 25.9. The number of carbonyl (C=O) groups is 1. The average Bonchev–Trinajstić information content (AvgIpc) is 3.38. The van der Waals surface area contributed by atoms with Crippen LogP contribution in [0.2, 0.25) is 0 Å². The largest absolute Gasteiger partial charge is 0.494 e. The van der Waals surface area contributed by atoms with Gasteiger partial charge in [0.15, 0.2) is 5.88 Å². The standard InChI is InChI=1S/C32H37N4O8PS/c1-4-43-45(39,44-5-2)26-15-16-28-27(21-26)30(32(38)34-28)31(23-9-7-6-8-10-23)33-24-11-13-25(14-12-24)36(46(3,40)41)22-29(37)35-17-19-42-20-18-35/h6-16,21,34,38H,4-5,17-20,22H2,1-3H3. The van der Waals surface area contributed by atoms with E-state index < -0.39 is 17.6 Å². The Balaban J connectivity index is 1.56. The van der Waals surface area contributed by atoms with Crippen LogP contribution in [0.4, 0.5) is 11.4 Å². The summed E-state index contributed by atoms with van der Waals surface area (Å²) in [5.74, 6) is -0.450. The van der Waals surface area contributed by atoms with Crippen molar-refractivity contribution >= 4 is 56.8 Å². The van der Waals surface area contributed by atoms with Gasteiger partial charge in [-0.2, -0.15) is 0 Å². The number of sulfonamides is 1. The van der Waals surface area contributed by atoms with Gasteiger partial charge >= 0.3 is 7.60 Å². The third-order valence-electron chi connectivity index (χ3n) is 7.38. The minimum atomic E-state index is -3.78. The topological polar surface area (TPSA) is 151 Å². The molecule has 0 bridgehead atoms. The quantitative estimate of drug-likeness (QED) is 0.165. The molecule has 5 rings (SSSR count). The summed E-state index contributed by atoms with van der Waals surface area (Å²) in [4.78, 5) is 22.4. The highest BCUT2D eigenvalue weighted by Crippen LogP contribution is 2.47. The number of nitrogens with one attached hydrogen (secondary N) is 1. The molecule has 0 radical (unpaired) electrons. The second kappa shape index (κ2) is 14.2. The normalized spacial score (nSPS) is 14.5. The Hall–Kier alpha value is -4.00. The first-order chi connectivity index (χ1) is 22.0. The molecule has 46 heavy (non-hydrogen) atoms. The van der Waals surface area contributed by atoms with Crippen LogP contribution in [0.25, 0.3) is 10.9 Å². The molecule has 14 heteroatoms. The molecule has 4 aromatic rings. The van der Waals surface area contributed by atoms with Crippen LogP contribution in [0.3, 0.4) is 0 Å². The van der Waals surface area contributed by atoms with E-state index in [1.54, 1.807) is 61.2 Å². The van der Waals surface area contributed by atoms with Gasteiger partial charge in [0, 0.05) is 29.6 Å². The summed E-state index contributed by atoms with van der Waals surface area (Å²) in [6.07, 6.45) is 1.06. The predicted octanol–water partition coefficient (Wildman–Crippen LogP) is 4.56. The van der Waals surface area contributed by atoms with E-state index in [-0.39, 0.29) is 31.5 Å². The Labute approximate surface area is 268 Å². The maximum atomic E-state index is 13.6. The molecule has 2 N–H and O–H groups in total. The van der Waals surface area contributed by atoms with Crippen LogP contribution in [-0.2, 0) is 33.2 Å². The number of aromatic nitrogens is 1. The van der Waals surface area contributed by atoms with Crippen molar-refractivity contribution in [3.05, 3.63) is 83.9 Å². The SMILES string of the molecule is CCOP(=O)(OCC)c1ccc2[nH]c(O)c(C(=Nc3ccc(N(CC(=O)N4CCOCC4)S(C)(=O)=O)cc3)c3ccccc3)c2c1. The third-order valence-corrected chi connectivity index (χ3v) is 10.6. The van der Waals surface area contributed by atoms with E-state index in [1.807, 2.05) is 30.3 Å². The molecule has 12 nitrogen and oxygen atoms in total. The Morgan fingerprint density at radius 1 is 1.02 bits per heavy atom. The molecular weight excluding hydrogens is 631 g/mol. The zero-order chi connectivity index (χ0) is 32.9. The van der Waals surface area contributed by atoms with Gasteiger partial charge in [0.1, 0.15) is 6.54 Å². The number of aromatic hydroxyl groups is 1. The first-order valence-electron chi connectivity index (χ1n) is 14.9. The third kappa shape index (κ3) is 7.35. The number of nitrogens with zero attached hydrogens (tertiary/aromatic N) is 3. The lowest BCUT2D eigenvalue weighted by molar-refractivity contribution is -0.133. The fourth-order valence-electron chi connectivity index (χ4n) is 5.22. The van der Waals surface area contributed by atoms with E-state index in [0.717, 1.165) is 10.6 Å². The highest BCUT2D eigenvalue weighted by molar-refractivity contribution is 7.92. The fourth-order valence-corrected chi connectivity index (χ4v) is 7.67. The molecule has 1 aliphatic rings. The van der Waals surface area contributed by atoms with Crippen LogP contribution in [0.5, 0.6) is 5.88 Å². The molecular formula is C32H37N4O8PS.